The summed E-state index contributed by atoms with van der Waals surface area (Å²) < 4.78 is 0. The van der Waals surface area contributed by atoms with E-state index in [1.807, 2.05) is 0 Å². The van der Waals surface area contributed by atoms with E-state index in [9.17, 15) is 4.79 Å². The Labute approximate surface area is 90.9 Å². The molecule has 0 bridgehead atoms. The third-order valence-electron chi connectivity index (χ3n) is 5.82. The minimum Gasteiger partial charge on any atom is -0.299 e. The van der Waals surface area contributed by atoms with Crippen LogP contribution in [0.1, 0.15) is 38.5 Å². The molecular formula is C14H18O. The first-order valence-corrected chi connectivity index (χ1v) is 6.52. The molecule has 0 unspecified atom stereocenters. The monoisotopic (exact) mass is 202 g/mol. The number of carbonyl (C=O) groups is 1. The number of hydrogen-bond donors (Lipinski definition) is 0. The highest BCUT2D eigenvalue weighted by Crippen LogP contribution is 2.67. The van der Waals surface area contributed by atoms with Gasteiger partial charge in [0.15, 0.2) is 0 Å². The molecule has 0 aliphatic heterocycles. The zero-order valence-corrected chi connectivity index (χ0v) is 9.11. The maximum Gasteiger partial charge on any atom is 0.136 e. The zero-order chi connectivity index (χ0) is 10.0. The molecule has 3 saturated carbocycles. The lowest BCUT2D eigenvalue weighted by molar-refractivity contribution is -0.122. The molecule has 0 aromatic heterocycles. The van der Waals surface area contributed by atoms with Gasteiger partial charge in [0.05, 0.1) is 0 Å². The molecule has 0 radical (unpaired) electrons. The van der Waals surface area contributed by atoms with Crippen molar-refractivity contribution in [3.05, 3.63) is 12.2 Å². The summed E-state index contributed by atoms with van der Waals surface area (Å²) in [5, 5.41) is 0. The van der Waals surface area contributed by atoms with E-state index < -0.39 is 0 Å². The molecule has 1 spiro atoms. The van der Waals surface area contributed by atoms with Gasteiger partial charge in [-0.05, 0) is 55.3 Å². The van der Waals surface area contributed by atoms with Crippen molar-refractivity contribution in [1.82, 2.24) is 0 Å². The Kier molecular flexibility index (Phi) is 1.46. The smallest absolute Gasteiger partial charge is 0.136 e. The van der Waals surface area contributed by atoms with Crippen LogP contribution < -0.4 is 0 Å². The van der Waals surface area contributed by atoms with Crippen LogP contribution in [0.5, 0.6) is 0 Å². The summed E-state index contributed by atoms with van der Waals surface area (Å²) >= 11 is 0. The summed E-state index contributed by atoms with van der Waals surface area (Å²) in [5.41, 5.74) is 0.491. The van der Waals surface area contributed by atoms with Gasteiger partial charge in [-0.1, -0.05) is 12.2 Å². The fourth-order valence-electron chi connectivity index (χ4n) is 5.34. The Morgan fingerprint density at radius 2 is 2.20 bits per heavy atom. The molecule has 0 N–H and O–H groups in total. The van der Waals surface area contributed by atoms with Gasteiger partial charge in [0, 0.05) is 12.3 Å². The van der Waals surface area contributed by atoms with Crippen LogP contribution in [0.15, 0.2) is 12.2 Å². The van der Waals surface area contributed by atoms with Gasteiger partial charge in [0.2, 0.25) is 0 Å². The van der Waals surface area contributed by atoms with Gasteiger partial charge in [-0.25, -0.2) is 0 Å². The normalized spacial score (nSPS) is 55.9. The molecule has 15 heavy (non-hydrogen) atoms. The van der Waals surface area contributed by atoms with Crippen molar-refractivity contribution in [3.63, 3.8) is 0 Å². The van der Waals surface area contributed by atoms with E-state index in [1.165, 1.54) is 32.1 Å². The van der Waals surface area contributed by atoms with Gasteiger partial charge in [0.1, 0.15) is 5.78 Å². The summed E-state index contributed by atoms with van der Waals surface area (Å²) in [6.45, 7) is 0. The predicted molar refractivity (Wildman–Crippen MR) is 58.2 cm³/mol. The minimum absolute atomic E-state index is 0.470. The van der Waals surface area contributed by atoms with Crippen LogP contribution in [0.3, 0.4) is 0 Å². The third kappa shape index (κ3) is 0.847. The standard InChI is InChI=1S/C14H18O/c15-12-6-3-9-8-14-7-1-2-10(14)4-5-11(14)13(9)12/h1,7,9-11,13H,2-6,8H2/t9-,10+,11-,13-,14-/m0/s1. The van der Waals surface area contributed by atoms with Gasteiger partial charge in [-0.2, -0.15) is 0 Å². The van der Waals surface area contributed by atoms with Crippen LogP contribution in [-0.2, 0) is 4.79 Å². The Bertz CT molecular complexity index is 356. The van der Waals surface area contributed by atoms with E-state index in [0.717, 1.165) is 24.2 Å². The Hall–Kier alpha value is -0.590. The zero-order valence-electron chi connectivity index (χ0n) is 9.11. The quantitative estimate of drug-likeness (QED) is 0.552. The Balaban J connectivity index is 1.79. The second-order valence-electron chi connectivity index (χ2n) is 6.13. The Morgan fingerprint density at radius 1 is 1.27 bits per heavy atom. The number of Topliss-reactive ketones (excluding diaryl/α,β-unsaturated/α-hetero) is 1. The van der Waals surface area contributed by atoms with E-state index >= 15 is 0 Å². The molecule has 80 valence electrons. The highest BCUT2D eigenvalue weighted by atomic mass is 16.1. The number of ketones is 1. The highest BCUT2D eigenvalue weighted by molar-refractivity contribution is 5.84. The number of allylic oxidation sites excluding steroid dienone is 2. The van der Waals surface area contributed by atoms with E-state index in [2.05, 4.69) is 12.2 Å². The Morgan fingerprint density at radius 3 is 3.13 bits per heavy atom. The van der Waals surface area contributed by atoms with Gasteiger partial charge in [-0.3, -0.25) is 4.79 Å². The van der Waals surface area contributed by atoms with Gasteiger partial charge < -0.3 is 0 Å². The maximum absolute atomic E-state index is 12.0. The van der Waals surface area contributed by atoms with E-state index in [-0.39, 0.29) is 0 Å². The van der Waals surface area contributed by atoms with Crippen molar-refractivity contribution >= 4 is 5.78 Å². The molecule has 1 nitrogen and oxygen atoms in total. The molecule has 4 aliphatic rings. The lowest BCUT2D eigenvalue weighted by atomic mass is 9.74. The van der Waals surface area contributed by atoms with Crippen molar-refractivity contribution in [3.8, 4) is 0 Å². The largest absolute Gasteiger partial charge is 0.299 e. The topological polar surface area (TPSA) is 17.1 Å². The van der Waals surface area contributed by atoms with Crippen molar-refractivity contribution < 1.29 is 4.79 Å². The molecule has 5 atom stereocenters. The minimum atomic E-state index is 0.470. The first kappa shape index (κ1) is 8.55. The van der Waals surface area contributed by atoms with Crippen molar-refractivity contribution in [2.45, 2.75) is 38.5 Å². The van der Waals surface area contributed by atoms with Crippen LogP contribution >= 0.6 is 0 Å². The fraction of sp³-hybridized carbons (Fsp3) is 0.786. The van der Waals surface area contributed by atoms with E-state index in [4.69, 9.17) is 0 Å². The summed E-state index contributed by atoms with van der Waals surface area (Å²) in [5.74, 6) is 3.47. The number of carbonyl (C=O) groups excluding carboxylic acids is 1. The van der Waals surface area contributed by atoms with E-state index in [1.54, 1.807) is 0 Å². The molecule has 0 heterocycles. The molecular weight excluding hydrogens is 184 g/mol. The lowest BCUT2D eigenvalue weighted by Gasteiger charge is -2.29. The van der Waals surface area contributed by atoms with Gasteiger partial charge >= 0.3 is 0 Å². The molecule has 4 aliphatic carbocycles. The highest BCUT2D eigenvalue weighted by Gasteiger charge is 2.62. The molecule has 0 amide bonds. The summed E-state index contributed by atoms with van der Waals surface area (Å²) in [7, 11) is 0. The predicted octanol–water partition coefficient (Wildman–Crippen LogP) is 2.96. The molecule has 0 aromatic rings. The van der Waals surface area contributed by atoms with Crippen LogP contribution in [0.4, 0.5) is 0 Å². The van der Waals surface area contributed by atoms with Crippen molar-refractivity contribution in [2.24, 2.45) is 29.1 Å². The number of rotatable bonds is 0. The lowest BCUT2D eigenvalue weighted by Crippen LogP contribution is -2.26. The number of hydrogen-bond acceptors (Lipinski definition) is 1. The van der Waals surface area contributed by atoms with E-state index in [0.29, 0.717) is 17.1 Å². The fourth-order valence-corrected chi connectivity index (χ4v) is 5.34. The second-order valence-corrected chi connectivity index (χ2v) is 6.13. The second kappa shape index (κ2) is 2.56. The van der Waals surface area contributed by atoms with Gasteiger partial charge in [-0.15, -0.1) is 0 Å². The summed E-state index contributed by atoms with van der Waals surface area (Å²) in [4.78, 5) is 12.0. The maximum atomic E-state index is 12.0. The number of fused-ring (bicyclic) bond motifs is 2. The first-order valence-electron chi connectivity index (χ1n) is 6.52. The molecule has 0 aromatic carbocycles. The first-order chi connectivity index (χ1) is 7.31. The molecule has 0 saturated heterocycles. The van der Waals surface area contributed by atoms with Crippen molar-refractivity contribution in [2.75, 3.05) is 0 Å². The van der Waals surface area contributed by atoms with Gasteiger partial charge in [0.25, 0.3) is 0 Å². The SMILES string of the molecule is O=C1CC[C@H]2C[C@@]34C=CC[C@@H]3CC[C@H]4[C@@H]12. The van der Waals surface area contributed by atoms with Crippen molar-refractivity contribution in [1.29, 1.82) is 0 Å². The summed E-state index contributed by atoms with van der Waals surface area (Å²) in [6.07, 6.45) is 12.3. The summed E-state index contributed by atoms with van der Waals surface area (Å²) in [6, 6.07) is 0. The molecule has 1 heteroatoms. The average molecular weight is 202 g/mol. The molecule has 4 rings (SSSR count). The van der Waals surface area contributed by atoms with Crippen LogP contribution in [0, 0.1) is 29.1 Å². The van der Waals surface area contributed by atoms with Crippen LogP contribution in [0.2, 0.25) is 0 Å². The average Bonchev–Trinajstić information content (AvgIpc) is 2.86. The molecule has 3 fully saturated rings. The van der Waals surface area contributed by atoms with Crippen LogP contribution in [0.25, 0.3) is 0 Å². The van der Waals surface area contributed by atoms with Crippen LogP contribution in [-0.4, -0.2) is 5.78 Å². The third-order valence-corrected chi connectivity index (χ3v) is 5.82.